The van der Waals surface area contributed by atoms with E-state index in [1.807, 2.05) is 6.07 Å². The second kappa shape index (κ2) is 8.37. The summed E-state index contributed by atoms with van der Waals surface area (Å²) in [5, 5.41) is 0. The van der Waals surface area contributed by atoms with E-state index < -0.39 is 0 Å². The molecule has 4 nitrogen and oxygen atoms in total. The third kappa shape index (κ3) is 4.72. The molecule has 0 aliphatic heterocycles. The van der Waals surface area contributed by atoms with Crippen LogP contribution >= 0.6 is 0 Å². The van der Waals surface area contributed by atoms with E-state index in [9.17, 15) is 4.79 Å². The molecule has 118 valence electrons. The number of aryl methyl sites for hydroxylation is 2. The fourth-order valence-electron chi connectivity index (χ4n) is 2.50. The van der Waals surface area contributed by atoms with Crippen LogP contribution in [0.3, 0.4) is 0 Å². The van der Waals surface area contributed by atoms with Crippen molar-refractivity contribution in [1.82, 2.24) is 4.57 Å². The summed E-state index contributed by atoms with van der Waals surface area (Å²) in [6.45, 7) is 4.04. The van der Waals surface area contributed by atoms with Crippen molar-refractivity contribution < 1.29 is 14.1 Å². The number of aromatic nitrogens is 2. The summed E-state index contributed by atoms with van der Waals surface area (Å²) in [5.41, 5.74) is 2.47. The molecular weight excluding hydrogens is 276 g/mol. The van der Waals surface area contributed by atoms with Gasteiger partial charge in [-0.05, 0) is 12.0 Å². The Morgan fingerprint density at radius 3 is 2.73 bits per heavy atom. The Morgan fingerprint density at radius 2 is 2.05 bits per heavy atom. The first-order chi connectivity index (χ1) is 10.7. The first-order valence-corrected chi connectivity index (χ1v) is 7.91. The van der Waals surface area contributed by atoms with E-state index in [-0.39, 0.29) is 5.97 Å². The molecule has 0 spiro atoms. The molecule has 1 aromatic heterocycles. The second-order valence-corrected chi connectivity index (χ2v) is 5.52. The third-order valence-corrected chi connectivity index (χ3v) is 3.74. The normalized spacial score (nSPS) is 10.6. The molecule has 0 fully saturated rings. The minimum absolute atomic E-state index is 0.155. The molecular formula is C18H25N2O2+. The Balaban J connectivity index is 2.10. The zero-order chi connectivity index (χ0) is 15.8. The summed E-state index contributed by atoms with van der Waals surface area (Å²) in [5.74, 6) is -0.155. The Morgan fingerprint density at radius 1 is 1.27 bits per heavy atom. The van der Waals surface area contributed by atoms with Gasteiger partial charge in [-0.15, -0.1) is 0 Å². The first-order valence-electron chi connectivity index (χ1n) is 7.91. The van der Waals surface area contributed by atoms with Crippen LogP contribution in [-0.4, -0.2) is 17.6 Å². The minimum atomic E-state index is -0.155. The van der Waals surface area contributed by atoms with Crippen molar-refractivity contribution in [3.63, 3.8) is 0 Å². The van der Waals surface area contributed by atoms with Gasteiger partial charge < -0.3 is 4.74 Å². The zero-order valence-corrected chi connectivity index (χ0v) is 13.5. The highest BCUT2D eigenvalue weighted by molar-refractivity contribution is 5.69. The molecule has 0 aliphatic carbocycles. The van der Waals surface area contributed by atoms with Gasteiger partial charge in [0.05, 0.1) is 20.1 Å². The number of methoxy groups -OCH3 is 1. The average Bonchev–Trinajstić information content (AvgIpc) is 2.93. The molecule has 2 aromatic rings. The molecule has 0 aliphatic rings. The van der Waals surface area contributed by atoms with Gasteiger partial charge in [0, 0.05) is 6.42 Å². The molecule has 22 heavy (non-hydrogen) atoms. The van der Waals surface area contributed by atoms with Crippen LogP contribution in [0.4, 0.5) is 0 Å². The van der Waals surface area contributed by atoms with Gasteiger partial charge in [-0.2, -0.15) is 0 Å². The minimum Gasteiger partial charge on any atom is -0.469 e. The molecule has 4 heteroatoms. The molecule has 2 rings (SSSR count). The van der Waals surface area contributed by atoms with Gasteiger partial charge in [0.25, 0.3) is 0 Å². The smallest absolute Gasteiger partial charge is 0.305 e. The Kier molecular flexibility index (Phi) is 6.19. The molecule has 0 atom stereocenters. The van der Waals surface area contributed by atoms with Crippen LogP contribution < -0.4 is 4.57 Å². The maximum Gasteiger partial charge on any atom is 0.305 e. The predicted octanol–water partition coefficient (Wildman–Crippen LogP) is 2.73. The Bertz CT molecular complexity index is 590. The standard InChI is InChI=1S/C18H25N2O2/c1-3-4-12-20-15-19(13-16-8-6-5-7-9-16)14-17(20)10-11-18(21)22-2/h5-9,14-15H,3-4,10-13H2,1-2H3/q+1. The number of carbonyl (C=O) groups is 1. The van der Waals surface area contributed by atoms with E-state index in [4.69, 9.17) is 4.74 Å². The summed E-state index contributed by atoms with van der Waals surface area (Å²) >= 11 is 0. The van der Waals surface area contributed by atoms with E-state index >= 15 is 0 Å². The van der Waals surface area contributed by atoms with Gasteiger partial charge in [-0.3, -0.25) is 4.79 Å². The van der Waals surface area contributed by atoms with Gasteiger partial charge in [-0.1, -0.05) is 43.7 Å². The van der Waals surface area contributed by atoms with Crippen molar-refractivity contribution in [2.24, 2.45) is 0 Å². The zero-order valence-electron chi connectivity index (χ0n) is 13.5. The maximum absolute atomic E-state index is 11.4. The van der Waals surface area contributed by atoms with E-state index in [1.165, 1.54) is 18.4 Å². The lowest BCUT2D eigenvalue weighted by molar-refractivity contribution is -0.688. The predicted molar refractivity (Wildman–Crippen MR) is 85.4 cm³/mol. The van der Waals surface area contributed by atoms with Gasteiger partial charge in [-0.25, -0.2) is 9.13 Å². The largest absolute Gasteiger partial charge is 0.469 e. The Labute approximate surface area is 132 Å². The van der Waals surface area contributed by atoms with Gasteiger partial charge >= 0.3 is 5.97 Å². The molecule has 0 radical (unpaired) electrons. The second-order valence-electron chi connectivity index (χ2n) is 5.52. The lowest BCUT2D eigenvalue weighted by Crippen LogP contribution is -2.31. The van der Waals surface area contributed by atoms with Crippen molar-refractivity contribution in [1.29, 1.82) is 0 Å². The molecule has 0 saturated carbocycles. The number of carbonyl (C=O) groups excluding carboxylic acids is 1. The summed E-state index contributed by atoms with van der Waals surface area (Å²) in [6, 6.07) is 10.4. The van der Waals surface area contributed by atoms with Gasteiger partial charge in [0.15, 0.2) is 0 Å². The number of hydrogen-bond acceptors (Lipinski definition) is 2. The molecule has 0 amide bonds. The SMILES string of the molecule is CCCCn1c[n+](Cc2ccccc2)cc1CCC(=O)OC. The number of esters is 1. The maximum atomic E-state index is 11.4. The van der Waals surface area contributed by atoms with Crippen LogP contribution in [0.1, 0.15) is 37.4 Å². The molecule has 0 saturated heterocycles. The number of nitrogens with zero attached hydrogens (tertiary/aromatic N) is 2. The third-order valence-electron chi connectivity index (χ3n) is 3.74. The van der Waals surface area contributed by atoms with Gasteiger partial charge in [0.2, 0.25) is 6.33 Å². The van der Waals surface area contributed by atoms with Crippen LogP contribution in [0.5, 0.6) is 0 Å². The summed E-state index contributed by atoms with van der Waals surface area (Å²) in [7, 11) is 1.44. The summed E-state index contributed by atoms with van der Waals surface area (Å²) in [4.78, 5) is 11.4. The number of benzene rings is 1. The summed E-state index contributed by atoms with van der Waals surface area (Å²) < 4.78 is 9.19. The van der Waals surface area contributed by atoms with Crippen molar-refractivity contribution in [2.45, 2.75) is 45.7 Å². The topological polar surface area (TPSA) is 35.1 Å². The van der Waals surface area contributed by atoms with E-state index in [0.29, 0.717) is 6.42 Å². The molecule has 0 unspecified atom stereocenters. The van der Waals surface area contributed by atoms with E-state index in [1.54, 1.807) is 0 Å². The summed E-state index contributed by atoms with van der Waals surface area (Å²) in [6.07, 6.45) is 7.75. The highest BCUT2D eigenvalue weighted by atomic mass is 16.5. The average molecular weight is 301 g/mol. The molecule has 0 N–H and O–H groups in total. The molecule has 1 heterocycles. The first kappa shape index (κ1) is 16.3. The fourth-order valence-corrected chi connectivity index (χ4v) is 2.50. The van der Waals surface area contributed by atoms with Crippen molar-refractivity contribution in [3.8, 4) is 0 Å². The fraction of sp³-hybridized carbons (Fsp3) is 0.444. The van der Waals surface area contributed by atoms with Crippen LogP contribution in [0.15, 0.2) is 42.9 Å². The van der Waals surface area contributed by atoms with Crippen LogP contribution in [0.2, 0.25) is 0 Å². The van der Waals surface area contributed by atoms with Crippen molar-refractivity contribution >= 4 is 5.97 Å². The highest BCUT2D eigenvalue weighted by Gasteiger charge is 2.15. The number of unbranched alkanes of at least 4 members (excludes halogenated alkanes) is 1. The van der Waals surface area contributed by atoms with Crippen molar-refractivity contribution in [3.05, 3.63) is 54.1 Å². The van der Waals surface area contributed by atoms with Crippen LogP contribution in [0, 0.1) is 0 Å². The van der Waals surface area contributed by atoms with Crippen molar-refractivity contribution in [2.75, 3.05) is 7.11 Å². The highest BCUT2D eigenvalue weighted by Crippen LogP contribution is 2.07. The lowest BCUT2D eigenvalue weighted by Gasteiger charge is -2.00. The van der Waals surface area contributed by atoms with E-state index in [2.05, 4.69) is 52.8 Å². The number of rotatable bonds is 8. The van der Waals surface area contributed by atoms with Crippen LogP contribution in [-0.2, 0) is 29.0 Å². The molecule has 0 bridgehead atoms. The van der Waals surface area contributed by atoms with Gasteiger partial charge in [0.1, 0.15) is 18.4 Å². The quantitative estimate of drug-likeness (QED) is 0.555. The van der Waals surface area contributed by atoms with Crippen LogP contribution in [0.25, 0.3) is 0 Å². The number of ether oxygens (including phenoxy) is 1. The lowest BCUT2D eigenvalue weighted by atomic mass is 10.2. The number of hydrogen-bond donors (Lipinski definition) is 0. The molecule has 1 aromatic carbocycles. The monoisotopic (exact) mass is 301 g/mol. The van der Waals surface area contributed by atoms with E-state index in [0.717, 1.165) is 32.4 Å². The number of imidazole rings is 1. The Hall–Kier alpha value is -2.10.